The summed E-state index contributed by atoms with van der Waals surface area (Å²) >= 11 is 3.44. The van der Waals surface area contributed by atoms with E-state index in [0.717, 1.165) is 10.9 Å². The molecule has 0 aliphatic rings. The molecule has 0 aliphatic carbocycles. The molecule has 0 amide bonds. The van der Waals surface area contributed by atoms with E-state index in [1.807, 2.05) is 0 Å². The molecular weight excluding hydrogens is 250 g/mol. The molecule has 1 nitrogen and oxygen atoms in total. The van der Waals surface area contributed by atoms with E-state index in [1.165, 1.54) is 12.0 Å². The summed E-state index contributed by atoms with van der Waals surface area (Å²) in [5, 5.41) is 0. The van der Waals surface area contributed by atoms with Crippen LogP contribution in [0.1, 0.15) is 39.2 Å². The quantitative estimate of drug-likeness (QED) is 0.877. The Kier molecular flexibility index (Phi) is 4.35. The van der Waals surface area contributed by atoms with Crippen molar-refractivity contribution in [2.75, 3.05) is 0 Å². The monoisotopic (exact) mass is 269 g/mol. The molecular formula is C13H20BrN. The molecule has 2 atom stereocenters. The number of hydrogen-bond acceptors (Lipinski definition) is 1. The highest BCUT2D eigenvalue weighted by atomic mass is 79.9. The zero-order valence-electron chi connectivity index (χ0n) is 9.76. The van der Waals surface area contributed by atoms with Crippen molar-refractivity contribution in [3.8, 4) is 0 Å². The third-order valence-electron chi connectivity index (χ3n) is 2.97. The second-order valence-corrected chi connectivity index (χ2v) is 5.56. The topological polar surface area (TPSA) is 26.0 Å². The Morgan fingerprint density at radius 1 is 1.33 bits per heavy atom. The molecule has 15 heavy (non-hydrogen) atoms. The average Bonchev–Trinajstić information content (AvgIpc) is 2.17. The van der Waals surface area contributed by atoms with Gasteiger partial charge in [-0.3, -0.25) is 0 Å². The Labute approximate surface area is 101 Å². The van der Waals surface area contributed by atoms with Crippen LogP contribution in [-0.2, 0) is 5.54 Å². The zero-order chi connectivity index (χ0) is 11.5. The Bertz CT molecular complexity index is 303. The molecule has 1 aromatic rings. The summed E-state index contributed by atoms with van der Waals surface area (Å²) in [6, 6.07) is 8.31. The highest BCUT2D eigenvalue weighted by Gasteiger charge is 2.22. The fourth-order valence-electron chi connectivity index (χ4n) is 1.82. The van der Waals surface area contributed by atoms with Gasteiger partial charge in [0, 0.05) is 10.0 Å². The van der Waals surface area contributed by atoms with Gasteiger partial charge in [-0.25, -0.2) is 0 Å². The molecule has 1 rings (SSSR count). The summed E-state index contributed by atoms with van der Waals surface area (Å²) in [6.45, 7) is 6.58. The lowest BCUT2D eigenvalue weighted by molar-refractivity contribution is 0.356. The van der Waals surface area contributed by atoms with E-state index in [-0.39, 0.29) is 5.54 Å². The molecule has 2 unspecified atom stereocenters. The molecule has 1 aromatic carbocycles. The summed E-state index contributed by atoms with van der Waals surface area (Å²) in [6.07, 6.45) is 2.22. The third kappa shape index (κ3) is 3.62. The first-order valence-electron chi connectivity index (χ1n) is 5.50. The Morgan fingerprint density at radius 2 is 1.87 bits per heavy atom. The van der Waals surface area contributed by atoms with Crippen molar-refractivity contribution < 1.29 is 0 Å². The summed E-state index contributed by atoms with van der Waals surface area (Å²) in [7, 11) is 0. The molecule has 0 aromatic heterocycles. The number of benzene rings is 1. The molecule has 0 saturated heterocycles. The molecule has 2 heteroatoms. The van der Waals surface area contributed by atoms with E-state index >= 15 is 0 Å². The lowest BCUT2D eigenvalue weighted by atomic mass is 9.84. The Morgan fingerprint density at radius 3 is 2.33 bits per heavy atom. The van der Waals surface area contributed by atoms with Crippen LogP contribution in [0.25, 0.3) is 0 Å². The van der Waals surface area contributed by atoms with E-state index in [1.54, 1.807) is 0 Å². The van der Waals surface area contributed by atoms with E-state index < -0.39 is 0 Å². The number of halogens is 1. The smallest absolute Gasteiger partial charge is 0.0383 e. The largest absolute Gasteiger partial charge is 0.322 e. The fourth-order valence-corrected chi connectivity index (χ4v) is 2.08. The number of nitrogens with two attached hydrogens (primary N) is 1. The highest BCUT2D eigenvalue weighted by Crippen LogP contribution is 2.27. The van der Waals surface area contributed by atoms with Gasteiger partial charge in [-0.15, -0.1) is 0 Å². The van der Waals surface area contributed by atoms with Crippen LogP contribution in [0.5, 0.6) is 0 Å². The van der Waals surface area contributed by atoms with Gasteiger partial charge in [-0.1, -0.05) is 48.3 Å². The summed E-state index contributed by atoms with van der Waals surface area (Å²) in [4.78, 5) is 0. The standard InChI is InChI=1S/C13H20BrN/c1-4-10(2)9-13(3,15)11-5-7-12(14)8-6-11/h5-8,10H,4,9,15H2,1-3H3. The number of hydrogen-bond donors (Lipinski definition) is 1. The molecule has 84 valence electrons. The van der Waals surface area contributed by atoms with Crippen LogP contribution in [0.3, 0.4) is 0 Å². The summed E-state index contributed by atoms with van der Waals surface area (Å²) in [5.74, 6) is 0.670. The van der Waals surface area contributed by atoms with Gasteiger partial charge in [-0.2, -0.15) is 0 Å². The second kappa shape index (κ2) is 5.13. The molecule has 0 bridgehead atoms. The summed E-state index contributed by atoms with van der Waals surface area (Å²) in [5.41, 5.74) is 7.35. The van der Waals surface area contributed by atoms with E-state index in [0.29, 0.717) is 5.92 Å². The van der Waals surface area contributed by atoms with Crippen molar-refractivity contribution in [2.24, 2.45) is 11.7 Å². The van der Waals surface area contributed by atoms with Gasteiger partial charge in [0.05, 0.1) is 0 Å². The maximum absolute atomic E-state index is 6.35. The first kappa shape index (κ1) is 12.7. The molecule has 0 spiro atoms. The molecule has 0 saturated carbocycles. The van der Waals surface area contributed by atoms with Crippen LogP contribution in [-0.4, -0.2) is 0 Å². The molecule has 0 heterocycles. The number of rotatable bonds is 4. The van der Waals surface area contributed by atoms with E-state index in [2.05, 4.69) is 61.0 Å². The van der Waals surface area contributed by atoms with Gasteiger partial charge in [0.1, 0.15) is 0 Å². The third-order valence-corrected chi connectivity index (χ3v) is 3.50. The van der Waals surface area contributed by atoms with Crippen LogP contribution in [0.4, 0.5) is 0 Å². The lowest BCUT2D eigenvalue weighted by Crippen LogP contribution is -2.34. The van der Waals surface area contributed by atoms with Crippen molar-refractivity contribution in [2.45, 2.75) is 39.2 Å². The predicted molar refractivity (Wildman–Crippen MR) is 69.8 cm³/mol. The van der Waals surface area contributed by atoms with Crippen molar-refractivity contribution in [3.63, 3.8) is 0 Å². The Hall–Kier alpha value is -0.340. The lowest BCUT2D eigenvalue weighted by Gasteiger charge is -2.28. The summed E-state index contributed by atoms with van der Waals surface area (Å²) < 4.78 is 1.10. The van der Waals surface area contributed by atoms with Gasteiger partial charge in [-0.05, 0) is 37.0 Å². The molecule has 0 aliphatic heterocycles. The van der Waals surface area contributed by atoms with Crippen LogP contribution < -0.4 is 5.73 Å². The first-order valence-corrected chi connectivity index (χ1v) is 6.30. The fraction of sp³-hybridized carbons (Fsp3) is 0.538. The zero-order valence-corrected chi connectivity index (χ0v) is 11.3. The molecule has 2 N–H and O–H groups in total. The minimum Gasteiger partial charge on any atom is -0.322 e. The molecule has 0 radical (unpaired) electrons. The van der Waals surface area contributed by atoms with Gasteiger partial charge >= 0.3 is 0 Å². The average molecular weight is 270 g/mol. The maximum atomic E-state index is 6.35. The van der Waals surface area contributed by atoms with Crippen molar-refractivity contribution in [3.05, 3.63) is 34.3 Å². The minimum atomic E-state index is -0.212. The van der Waals surface area contributed by atoms with E-state index in [4.69, 9.17) is 5.73 Å². The minimum absolute atomic E-state index is 0.212. The highest BCUT2D eigenvalue weighted by molar-refractivity contribution is 9.10. The van der Waals surface area contributed by atoms with E-state index in [9.17, 15) is 0 Å². The first-order chi connectivity index (χ1) is 6.95. The van der Waals surface area contributed by atoms with Gasteiger partial charge in [0.15, 0.2) is 0 Å². The molecule has 0 fully saturated rings. The predicted octanol–water partition coefficient (Wildman–Crippen LogP) is 4.06. The van der Waals surface area contributed by atoms with Crippen molar-refractivity contribution in [1.82, 2.24) is 0 Å². The van der Waals surface area contributed by atoms with Crippen LogP contribution in [0.2, 0.25) is 0 Å². The van der Waals surface area contributed by atoms with Gasteiger partial charge in [0.25, 0.3) is 0 Å². The van der Waals surface area contributed by atoms with Gasteiger partial charge < -0.3 is 5.73 Å². The Balaban J connectivity index is 2.80. The van der Waals surface area contributed by atoms with Crippen LogP contribution in [0.15, 0.2) is 28.7 Å². The van der Waals surface area contributed by atoms with Crippen molar-refractivity contribution in [1.29, 1.82) is 0 Å². The van der Waals surface area contributed by atoms with Crippen molar-refractivity contribution >= 4 is 15.9 Å². The van der Waals surface area contributed by atoms with Crippen LogP contribution in [0, 0.1) is 5.92 Å². The van der Waals surface area contributed by atoms with Gasteiger partial charge in [0.2, 0.25) is 0 Å². The normalized spacial score (nSPS) is 17.1. The van der Waals surface area contributed by atoms with Crippen LogP contribution >= 0.6 is 15.9 Å². The second-order valence-electron chi connectivity index (χ2n) is 4.64. The SMILES string of the molecule is CCC(C)CC(C)(N)c1ccc(Br)cc1. The maximum Gasteiger partial charge on any atom is 0.0383 e.